The fourth-order valence-electron chi connectivity index (χ4n) is 5.82. The average Bonchev–Trinajstić information content (AvgIpc) is 3.60. The van der Waals surface area contributed by atoms with Crippen LogP contribution in [0, 0.1) is 6.92 Å². The summed E-state index contributed by atoms with van der Waals surface area (Å²) >= 11 is 1.60. The second-order valence-corrected chi connectivity index (χ2v) is 11.5. The third-order valence-electron chi connectivity index (χ3n) is 7.87. The SMILES string of the molecule is COC(=O)c1ccc(COc2ccc(C3C4=C(CCCC4=O)Nc4c3c(C)nn4-c3nc4ccccc4s3)cc2)cc1. The van der Waals surface area contributed by atoms with Crippen molar-refractivity contribution < 1.29 is 19.1 Å². The van der Waals surface area contributed by atoms with Crippen molar-refractivity contribution in [2.24, 2.45) is 0 Å². The molecule has 7 rings (SSSR count). The Morgan fingerprint density at radius 3 is 2.60 bits per heavy atom. The Morgan fingerprint density at radius 2 is 1.83 bits per heavy atom. The van der Waals surface area contributed by atoms with Crippen LogP contribution in [0.4, 0.5) is 5.82 Å². The number of fused-ring (bicyclic) bond motifs is 2. The number of hydrogen-bond acceptors (Lipinski definition) is 8. The second kappa shape index (κ2) is 10.6. The van der Waals surface area contributed by atoms with Crippen molar-refractivity contribution in [2.75, 3.05) is 12.4 Å². The number of allylic oxidation sites excluding steroid dienone is 2. The summed E-state index contributed by atoms with van der Waals surface area (Å²) in [6.45, 7) is 2.36. The molecule has 0 fully saturated rings. The summed E-state index contributed by atoms with van der Waals surface area (Å²) in [5.74, 6) is 1.18. The van der Waals surface area contributed by atoms with E-state index in [-0.39, 0.29) is 17.7 Å². The molecule has 2 aromatic heterocycles. The zero-order valence-corrected chi connectivity index (χ0v) is 24.0. The molecule has 3 aromatic carbocycles. The standard InChI is InChI=1S/C33H28N4O4S/c1-19-28-29(21-14-16-23(17-15-21)41-18-20-10-12-22(13-11-20)32(39)40-2)30-25(7-5-8-26(30)38)34-31(28)37(36-19)33-35-24-6-3-4-9-27(24)42-33/h3-4,6,9-17,29,34H,5,7-8,18H2,1-2H3. The highest BCUT2D eigenvalue weighted by Gasteiger charge is 2.39. The topological polar surface area (TPSA) is 95.3 Å². The van der Waals surface area contributed by atoms with Crippen molar-refractivity contribution >= 4 is 39.1 Å². The average molecular weight is 577 g/mol. The van der Waals surface area contributed by atoms with E-state index in [0.717, 1.165) is 73.4 Å². The molecule has 42 heavy (non-hydrogen) atoms. The maximum Gasteiger partial charge on any atom is 0.337 e. The van der Waals surface area contributed by atoms with Gasteiger partial charge in [-0.2, -0.15) is 9.78 Å². The Hall–Kier alpha value is -4.76. The van der Waals surface area contributed by atoms with Gasteiger partial charge in [0.15, 0.2) is 5.78 Å². The molecule has 0 amide bonds. The number of Topliss-reactive ketones (excluding diaryl/α,β-unsaturated/α-hetero) is 1. The summed E-state index contributed by atoms with van der Waals surface area (Å²) in [6, 6.07) is 23.2. The minimum absolute atomic E-state index is 0.183. The van der Waals surface area contributed by atoms with Crippen LogP contribution in [0.25, 0.3) is 15.3 Å². The third kappa shape index (κ3) is 4.55. The molecule has 1 unspecified atom stereocenters. The minimum Gasteiger partial charge on any atom is -0.489 e. The van der Waals surface area contributed by atoms with Gasteiger partial charge in [0, 0.05) is 29.2 Å². The van der Waals surface area contributed by atoms with Crippen LogP contribution in [-0.2, 0) is 16.1 Å². The number of carbonyl (C=O) groups is 2. The highest BCUT2D eigenvalue weighted by Crippen LogP contribution is 2.47. The van der Waals surface area contributed by atoms with Gasteiger partial charge in [0.1, 0.15) is 18.2 Å². The summed E-state index contributed by atoms with van der Waals surface area (Å²) in [4.78, 5) is 29.9. The number of ketones is 1. The first-order valence-corrected chi connectivity index (χ1v) is 14.7. The van der Waals surface area contributed by atoms with Gasteiger partial charge in [-0.1, -0.05) is 47.7 Å². The van der Waals surface area contributed by atoms with Crippen molar-refractivity contribution in [3.8, 4) is 10.9 Å². The Morgan fingerprint density at radius 1 is 1.05 bits per heavy atom. The number of esters is 1. The molecular formula is C33H28N4O4S. The van der Waals surface area contributed by atoms with E-state index >= 15 is 0 Å². The minimum atomic E-state index is -0.366. The molecule has 1 aliphatic carbocycles. The zero-order valence-electron chi connectivity index (χ0n) is 23.2. The lowest BCUT2D eigenvalue weighted by Gasteiger charge is -2.32. The molecule has 8 nitrogen and oxygen atoms in total. The summed E-state index contributed by atoms with van der Waals surface area (Å²) in [5, 5.41) is 9.32. The maximum absolute atomic E-state index is 13.4. The highest BCUT2D eigenvalue weighted by molar-refractivity contribution is 7.20. The number of nitrogens with zero attached hydrogens (tertiary/aromatic N) is 3. The van der Waals surface area contributed by atoms with E-state index in [0.29, 0.717) is 18.6 Å². The predicted molar refractivity (Wildman–Crippen MR) is 161 cm³/mol. The molecule has 2 aliphatic rings. The van der Waals surface area contributed by atoms with E-state index in [9.17, 15) is 9.59 Å². The number of anilines is 1. The zero-order chi connectivity index (χ0) is 28.8. The fourth-order valence-corrected chi connectivity index (χ4v) is 6.75. The Bertz CT molecular complexity index is 1840. The van der Waals surface area contributed by atoms with Gasteiger partial charge in [-0.05, 0) is 67.3 Å². The maximum atomic E-state index is 13.4. The van der Waals surface area contributed by atoms with Gasteiger partial charge in [0.25, 0.3) is 0 Å². The number of thiazole rings is 1. The number of benzene rings is 3. The van der Waals surface area contributed by atoms with Gasteiger partial charge in [-0.15, -0.1) is 0 Å². The molecule has 0 saturated carbocycles. The van der Waals surface area contributed by atoms with Crippen LogP contribution >= 0.6 is 11.3 Å². The number of hydrogen-bond donors (Lipinski definition) is 1. The lowest BCUT2D eigenvalue weighted by Crippen LogP contribution is -2.27. The molecule has 1 N–H and O–H groups in total. The predicted octanol–water partition coefficient (Wildman–Crippen LogP) is 6.72. The number of carbonyl (C=O) groups excluding carboxylic acids is 2. The summed E-state index contributed by atoms with van der Waals surface area (Å²) < 4.78 is 13.8. The van der Waals surface area contributed by atoms with E-state index in [1.54, 1.807) is 23.5 Å². The molecule has 5 aromatic rings. The molecule has 1 aliphatic heterocycles. The van der Waals surface area contributed by atoms with E-state index in [1.807, 2.05) is 66.2 Å². The largest absolute Gasteiger partial charge is 0.489 e. The third-order valence-corrected chi connectivity index (χ3v) is 8.88. The van der Waals surface area contributed by atoms with Gasteiger partial charge < -0.3 is 14.8 Å². The lowest BCUT2D eigenvalue weighted by atomic mass is 9.76. The van der Waals surface area contributed by atoms with Crippen molar-refractivity contribution in [3.05, 3.63) is 112 Å². The normalized spacial score (nSPS) is 16.1. The van der Waals surface area contributed by atoms with Crippen molar-refractivity contribution in [1.29, 1.82) is 0 Å². The van der Waals surface area contributed by atoms with Gasteiger partial charge in [-0.3, -0.25) is 4.79 Å². The second-order valence-electron chi connectivity index (χ2n) is 10.5. The number of aromatic nitrogens is 3. The quantitative estimate of drug-likeness (QED) is 0.224. The van der Waals surface area contributed by atoms with E-state index < -0.39 is 0 Å². The lowest BCUT2D eigenvalue weighted by molar-refractivity contribution is -0.116. The van der Waals surface area contributed by atoms with Crippen LogP contribution in [0.5, 0.6) is 5.75 Å². The molecule has 3 heterocycles. The Kier molecular flexibility index (Phi) is 6.59. The number of nitrogens with one attached hydrogen (secondary N) is 1. The molecule has 0 spiro atoms. The first-order valence-electron chi connectivity index (χ1n) is 13.9. The number of aryl methyl sites for hydroxylation is 1. The van der Waals surface area contributed by atoms with Gasteiger partial charge >= 0.3 is 5.97 Å². The summed E-state index contributed by atoms with van der Waals surface area (Å²) in [6.07, 6.45) is 2.19. The Balaban J connectivity index is 1.21. The molecule has 0 bridgehead atoms. The number of para-hydroxylation sites is 1. The monoisotopic (exact) mass is 576 g/mol. The number of methoxy groups -OCH3 is 1. The van der Waals surface area contributed by atoms with E-state index in [1.165, 1.54) is 7.11 Å². The van der Waals surface area contributed by atoms with Crippen LogP contribution in [0.3, 0.4) is 0 Å². The first-order chi connectivity index (χ1) is 20.5. The molecular weight excluding hydrogens is 548 g/mol. The molecule has 9 heteroatoms. The van der Waals surface area contributed by atoms with E-state index in [4.69, 9.17) is 19.6 Å². The van der Waals surface area contributed by atoms with Crippen molar-refractivity contribution in [3.63, 3.8) is 0 Å². The first kappa shape index (κ1) is 26.2. The molecule has 210 valence electrons. The molecule has 1 atom stereocenters. The fraction of sp³-hybridized carbons (Fsp3) is 0.212. The van der Waals surface area contributed by atoms with Crippen LogP contribution in [-0.4, -0.2) is 33.6 Å². The van der Waals surface area contributed by atoms with Crippen LogP contribution < -0.4 is 10.1 Å². The summed E-state index contributed by atoms with van der Waals surface area (Å²) in [7, 11) is 1.37. The molecule has 0 radical (unpaired) electrons. The van der Waals surface area contributed by atoms with Gasteiger partial charge in [-0.25, -0.2) is 9.78 Å². The van der Waals surface area contributed by atoms with Crippen LogP contribution in [0.1, 0.15) is 57.9 Å². The van der Waals surface area contributed by atoms with Crippen molar-refractivity contribution in [1.82, 2.24) is 14.8 Å². The number of rotatable bonds is 6. The van der Waals surface area contributed by atoms with Gasteiger partial charge in [0.05, 0.1) is 28.6 Å². The molecule has 0 saturated heterocycles. The van der Waals surface area contributed by atoms with E-state index in [2.05, 4.69) is 11.4 Å². The highest BCUT2D eigenvalue weighted by atomic mass is 32.1. The van der Waals surface area contributed by atoms with Crippen LogP contribution in [0.2, 0.25) is 0 Å². The van der Waals surface area contributed by atoms with Gasteiger partial charge in [0.2, 0.25) is 5.13 Å². The van der Waals surface area contributed by atoms with Crippen LogP contribution in [0.15, 0.2) is 84.1 Å². The number of ether oxygens (including phenoxy) is 2. The smallest absolute Gasteiger partial charge is 0.337 e. The summed E-state index contributed by atoms with van der Waals surface area (Å²) in [5.41, 5.74) is 7.07. The van der Waals surface area contributed by atoms with Crippen molar-refractivity contribution in [2.45, 2.75) is 38.7 Å². The Labute approximate surface area is 246 Å².